The molecular formula is C20H26FN3O2. The van der Waals surface area contributed by atoms with E-state index in [0.717, 1.165) is 23.3 Å². The van der Waals surface area contributed by atoms with E-state index in [1.807, 2.05) is 18.2 Å². The third-order valence-corrected chi connectivity index (χ3v) is 3.75. The van der Waals surface area contributed by atoms with Gasteiger partial charge in [0.2, 0.25) is 0 Å². The molecule has 0 amide bonds. The van der Waals surface area contributed by atoms with E-state index in [2.05, 4.69) is 22.5 Å². The van der Waals surface area contributed by atoms with Gasteiger partial charge in [0, 0.05) is 20.1 Å². The Kier molecular flexibility index (Phi) is 7.74. The van der Waals surface area contributed by atoms with Crippen LogP contribution in [0.5, 0.6) is 11.5 Å². The van der Waals surface area contributed by atoms with Crippen LogP contribution in [0.1, 0.15) is 24.5 Å². The van der Waals surface area contributed by atoms with E-state index in [-0.39, 0.29) is 5.82 Å². The monoisotopic (exact) mass is 359 g/mol. The molecule has 6 heteroatoms. The van der Waals surface area contributed by atoms with Crippen LogP contribution in [0.3, 0.4) is 0 Å². The number of hydrogen-bond acceptors (Lipinski definition) is 3. The van der Waals surface area contributed by atoms with Crippen molar-refractivity contribution in [2.45, 2.75) is 26.4 Å². The van der Waals surface area contributed by atoms with Crippen LogP contribution in [0, 0.1) is 5.82 Å². The van der Waals surface area contributed by atoms with Crippen molar-refractivity contribution < 1.29 is 13.9 Å². The van der Waals surface area contributed by atoms with Crippen molar-refractivity contribution in [3.63, 3.8) is 0 Å². The molecule has 0 aliphatic heterocycles. The summed E-state index contributed by atoms with van der Waals surface area (Å²) in [5.74, 6) is 1.89. The van der Waals surface area contributed by atoms with Gasteiger partial charge in [-0.05, 0) is 41.8 Å². The lowest BCUT2D eigenvalue weighted by molar-refractivity contribution is 0.294. The number of methoxy groups -OCH3 is 1. The molecule has 0 atom stereocenters. The summed E-state index contributed by atoms with van der Waals surface area (Å²) in [4.78, 5) is 4.20. The zero-order chi connectivity index (χ0) is 18.8. The first kappa shape index (κ1) is 19.6. The molecular weight excluding hydrogens is 333 g/mol. The van der Waals surface area contributed by atoms with Crippen LogP contribution in [0.25, 0.3) is 0 Å². The molecule has 0 aromatic heterocycles. The highest BCUT2D eigenvalue weighted by Crippen LogP contribution is 2.28. The molecule has 0 unspecified atom stereocenters. The highest BCUT2D eigenvalue weighted by atomic mass is 19.1. The average molecular weight is 359 g/mol. The zero-order valence-electron chi connectivity index (χ0n) is 15.5. The van der Waals surface area contributed by atoms with Gasteiger partial charge in [-0.2, -0.15) is 0 Å². The zero-order valence-corrected chi connectivity index (χ0v) is 15.5. The van der Waals surface area contributed by atoms with Gasteiger partial charge in [0.25, 0.3) is 0 Å². The van der Waals surface area contributed by atoms with Crippen LogP contribution in [0.4, 0.5) is 4.39 Å². The van der Waals surface area contributed by atoms with Crippen LogP contribution in [-0.4, -0.2) is 26.7 Å². The molecule has 140 valence electrons. The quantitative estimate of drug-likeness (QED) is 0.560. The minimum atomic E-state index is -0.239. The van der Waals surface area contributed by atoms with E-state index < -0.39 is 0 Å². The summed E-state index contributed by atoms with van der Waals surface area (Å²) in [6, 6.07) is 12.2. The molecule has 0 aliphatic rings. The molecule has 0 radical (unpaired) electrons. The Morgan fingerprint density at radius 3 is 2.27 bits per heavy atom. The number of halogens is 1. The van der Waals surface area contributed by atoms with Crippen molar-refractivity contribution in [3.8, 4) is 11.5 Å². The lowest BCUT2D eigenvalue weighted by Crippen LogP contribution is -2.36. The smallest absolute Gasteiger partial charge is 0.191 e. The normalized spacial score (nSPS) is 11.2. The Morgan fingerprint density at radius 2 is 1.65 bits per heavy atom. The van der Waals surface area contributed by atoms with Crippen molar-refractivity contribution in [2.75, 3.05) is 20.8 Å². The Balaban J connectivity index is 1.90. The predicted octanol–water partition coefficient (Wildman–Crippen LogP) is 3.49. The Labute approximate surface area is 154 Å². The van der Waals surface area contributed by atoms with Crippen LogP contribution in [0.15, 0.2) is 47.5 Å². The molecule has 2 aromatic rings. The lowest BCUT2D eigenvalue weighted by Gasteiger charge is -2.14. The topological polar surface area (TPSA) is 54.9 Å². The summed E-state index contributed by atoms with van der Waals surface area (Å²) in [6.07, 6.45) is 0.947. The largest absolute Gasteiger partial charge is 0.493 e. The fourth-order valence-corrected chi connectivity index (χ4v) is 2.35. The van der Waals surface area contributed by atoms with Crippen molar-refractivity contribution in [1.29, 1.82) is 0 Å². The van der Waals surface area contributed by atoms with Gasteiger partial charge < -0.3 is 20.1 Å². The molecule has 0 fully saturated rings. The second-order valence-electron chi connectivity index (χ2n) is 5.74. The minimum absolute atomic E-state index is 0.239. The number of hydrogen-bond donors (Lipinski definition) is 2. The Hall–Kier alpha value is -2.76. The third-order valence-electron chi connectivity index (χ3n) is 3.75. The van der Waals surface area contributed by atoms with Crippen molar-refractivity contribution in [2.24, 2.45) is 4.99 Å². The molecule has 0 heterocycles. The summed E-state index contributed by atoms with van der Waals surface area (Å²) in [5, 5.41) is 6.45. The average Bonchev–Trinajstić information content (AvgIpc) is 2.68. The van der Waals surface area contributed by atoms with Crippen molar-refractivity contribution >= 4 is 5.96 Å². The number of nitrogens with one attached hydrogen (secondary N) is 2. The second-order valence-corrected chi connectivity index (χ2v) is 5.74. The Morgan fingerprint density at radius 1 is 1.00 bits per heavy atom. The summed E-state index contributed by atoms with van der Waals surface area (Å²) in [6.45, 7) is 3.88. The molecule has 0 bridgehead atoms. The molecule has 2 rings (SSSR count). The number of benzene rings is 2. The molecule has 2 aromatic carbocycles. The van der Waals surface area contributed by atoms with E-state index in [1.54, 1.807) is 26.3 Å². The fourth-order valence-electron chi connectivity index (χ4n) is 2.35. The predicted molar refractivity (Wildman–Crippen MR) is 102 cm³/mol. The van der Waals surface area contributed by atoms with Gasteiger partial charge in [-0.25, -0.2) is 4.39 Å². The number of aliphatic imine (C=N–C) groups is 1. The van der Waals surface area contributed by atoms with Crippen LogP contribution >= 0.6 is 0 Å². The highest BCUT2D eigenvalue weighted by molar-refractivity contribution is 5.79. The summed E-state index contributed by atoms with van der Waals surface area (Å²) in [7, 11) is 3.34. The minimum Gasteiger partial charge on any atom is -0.493 e. The molecule has 0 aliphatic carbocycles. The van der Waals surface area contributed by atoms with Gasteiger partial charge in [-0.15, -0.1) is 0 Å². The first-order valence-electron chi connectivity index (χ1n) is 8.65. The van der Waals surface area contributed by atoms with Gasteiger partial charge in [0.15, 0.2) is 17.5 Å². The molecule has 2 N–H and O–H groups in total. The SMILES string of the molecule is CCCOc1ccc(CNC(=NC)NCc2ccc(F)cc2)cc1OC. The standard InChI is InChI=1S/C20H26FN3O2/c1-4-11-26-18-10-7-16(12-19(18)25-3)14-24-20(22-2)23-13-15-5-8-17(21)9-6-15/h5-10,12H,4,11,13-14H2,1-3H3,(H2,22,23,24). The molecule has 26 heavy (non-hydrogen) atoms. The van der Waals surface area contributed by atoms with E-state index in [0.29, 0.717) is 31.4 Å². The van der Waals surface area contributed by atoms with Gasteiger partial charge in [0.05, 0.1) is 13.7 Å². The summed E-state index contributed by atoms with van der Waals surface area (Å²) in [5.41, 5.74) is 2.03. The van der Waals surface area contributed by atoms with E-state index >= 15 is 0 Å². The van der Waals surface area contributed by atoms with E-state index in [9.17, 15) is 4.39 Å². The number of guanidine groups is 1. The van der Waals surface area contributed by atoms with Gasteiger partial charge in [-0.3, -0.25) is 4.99 Å². The van der Waals surface area contributed by atoms with Gasteiger partial charge >= 0.3 is 0 Å². The van der Waals surface area contributed by atoms with Gasteiger partial charge in [-0.1, -0.05) is 25.1 Å². The first-order chi connectivity index (χ1) is 12.7. The molecule has 0 saturated carbocycles. The second kappa shape index (κ2) is 10.3. The maximum absolute atomic E-state index is 12.9. The van der Waals surface area contributed by atoms with Gasteiger partial charge in [0.1, 0.15) is 5.82 Å². The summed E-state index contributed by atoms with van der Waals surface area (Å²) >= 11 is 0. The third kappa shape index (κ3) is 5.95. The molecule has 0 spiro atoms. The van der Waals surface area contributed by atoms with Crippen LogP contribution in [-0.2, 0) is 13.1 Å². The summed E-state index contributed by atoms with van der Waals surface area (Å²) < 4.78 is 24.0. The highest BCUT2D eigenvalue weighted by Gasteiger charge is 2.06. The van der Waals surface area contributed by atoms with E-state index in [1.165, 1.54) is 12.1 Å². The number of nitrogens with zero attached hydrogens (tertiary/aromatic N) is 1. The first-order valence-corrected chi connectivity index (χ1v) is 8.65. The van der Waals surface area contributed by atoms with Crippen LogP contribution in [0.2, 0.25) is 0 Å². The lowest BCUT2D eigenvalue weighted by atomic mass is 10.2. The van der Waals surface area contributed by atoms with Crippen molar-refractivity contribution in [3.05, 3.63) is 59.4 Å². The van der Waals surface area contributed by atoms with Crippen molar-refractivity contribution in [1.82, 2.24) is 10.6 Å². The maximum Gasteiger partial charge on any atom is 0.191 e. The van der Waals surface area contributed by atoms with E-state index in [4.69, 9.17) is 9.47 Å². The Bertz CT molecular complexity index is 717. The number of rotatable bonds is 8. The molecule has 5 nitrogen and oxygen atoms in total. The fraction of sp³-hybridized carbons (Fsp3) is 0.350. The maximum atomic E-state index is 12.9. The van der Waals surface area contributed by atoms with Crippen LogP contribution < -0.4 is 20.1 Å². The molecule has 0 saturated heterocycles. The number of ether oxygens (including phenoxy) is 2.